The van der Waals surface area contributed by atoms with E-state index < -0.39 is 0 Å². The Bertz CT molecular complexity index is 370. The maximum absolute atomic E-state index is 11.2. The molecular weight excluding hydrogens is 190 g/mol. The van der Waals surface area contributed by atoms with E-state index in [0.717, 1.165) is 11.3 Å². The van der Waals surface area contributed by atoms with Crippen molar-refractivity contribution >= 4 is 11.6 Å². The van der Waals surface area contributed by atoms with Gasteiger partial charge in [-0.05, 0) is 32.4 Å². The fourth-order valence-electron chi connectivity index (χ4n) is 1.11. The summed E-state index contributed by atoms with van der Waals surface area (Å²) >= 11 is 0. The molecule has 1 aromatic heterocycles. The summed E-state index contributed by atoms with van der Waals surface area (Å²) in [7, 11) is 0. The SMILES string of the molecule is CC(=N)C(=O)NC(C)c1ccc(C)cn1. The second-order valence-corrected chi connectivity index (χ2v) is 3.58. The Labute approximate surface area is 89.2 Å². The van der Waals surface area contributed by atoms with Crippen LogP contribution in [0.15, 0.2) is 18.3 Å². The van der Waals surface area contributed by atoms with Gasteiger partial charge in [-0.25, -0.2) is 0 Å². The molecule has 0 aliphatic heterocycles. The van der Waals surface area contributed by atoms with Gasteiger partial charge < -0.3 is 5.32 Å². The van der Waals surface area contributed by atoms with Gasteiger partial charge in [0.2, 0.25) is 0 Å². The van der Waals surface area contributed by atoms with Crippen LogP contribution in [0.5, 0.6) is 0 Å². The zero-order valence-corrected chi connectivity index (χ0v) is 9.16. The third kappa shape index (κ3) is 3.16. The maximum atomic E-state index is 11.2. The molecule has 0 fully saturated rings. The number of amides is 1. The highest BCUT2D eigenvalue weighted by atomic mass is 16.1. The highest BCUT2D eigenvalue weighted by Gasteiger charge is 2.11. The van der Waals surface area contributed by atoms with Crippen LogP contribution in [0.4, 0.5) is 0 Å². The molecule has 1 atom stereocenters. The first-order chi connectivity index (χ1) is 7.00. The molecular formula is C11H15N3O. The summed E-state index contributed by atoms with van der Waals surface area (Å²) in [5.41, 5.74) is 1.89. The van der Waals surface area contributed by atoms with E-state index in [9.17, 15) is 4.79 Å². The quantitative estimate of drug-likeness (QED) is 0.736. The predicted molar refractivity (Wildman–Crippen MR) is 58.9 cm³/mol. The smallest absolute Gasteiger partial charge is 0.265 e. The number of rotatable bonds is 3. The number of aromatic nitrogens is 1. The number of carbonyl (C=O) groups is 1. The van der Waals surface area contributed by atoms with E-state index in [1.165, 1.54) is 6.92 Å². The third-order valence-electron chi connectivity index (χ3n) is 2.07. The number of nitrogens with zero attached hydrogens (tertiary/aromatic N) is 1. The second-order valence-electron chi connectivity index (χ2n) is 3.58. The van der Waals surface area contributed by atoms with Gasteiger partial charge in [-0.3, -0.25) is 15.2 Å². The maximum Gasteiger partial charge on any atom is 0.265 e. The standard InChI is InChI=1S/C11H15N3O/c1-7-4-5-10(13-6-7)9(3)14-11(15)8(2)12/h4-6,9,12H,1-3H3,(H,14,15). The molecule has 80 valence electrons. The van der Waals surface area contributed by atoms with Gasteiger partial charge in [0.1, 0.15) is 0 Å². The highest BCUT2D eigenvalue weighted by Crippen LogP contribution is 2.09. The van der Waals surface area contributed by atoms with Crippen LogP contribution < -0.4 is 5.32 Å². The van der Waals surface area contributed by atoms with Gasteiger partial charge in [0.05, 0.1) is 17.4 Å². The average molecular weight is 205 g/mol. The Hall–Kier alpha value is -1.71. The lowest BCUT2D eigenvalue weighted by atomic mass is 10.2. The number of aryl methyl sites for hydroxylation is 1. The minimum atomic E-state index is -0.357. The third-order valence-corrected chi connectivity index (χ3v) is 2.07. The molecule has 0 bridgehead atoms. The van der Waals surface area contributed by atoms with Crippen molar-refractivity contribution in [3.63, 3.8) is 0 Å². The van der Waals surface area contributed by atoms with Crippen LogP contribution in [0, 0.1) is 12.3 Å². The van der Waals surface area contributed by atoms with Crippen molar-refractivity contribution in [3.8, 4) is 0 Å². The molecule has 1 rings (SSSR count). The van der Waals surface area contributed by atoms with E-state index in [1.807, 2.05) is 26.0 Å². The van der Waals surface area contributed by atoms with Crippen LogP contribution >= 0.6 is 0 Å². The van der Waals surface area contributed by atoms with Crippen LogP contribution in [0.3, 0.4) is 0 Å². The zero-order valence-electron chi connectivity index (χ0n) is 9.16. The molecule has 4 heteroatoms. The molecule has 4 nitrogen and oxygen atoms in total. The number of nitrogens with one attached hydrogen (secondary N) is 2. The van der Waals surface area contributed by atoms with Gasteiger partial charge in [0.15, 0.2) is 0 Å². The van der Waals surface area contributed by atoms with Crippen LogP contribution in [-0.4, -0.2) is 16.6 Å². The molecule has 15 heavy (non-hydrogen) atoms. The topological polar surface area (TPSA) is 65.8 Å². The highest BCUT2D eigenvalue weighted by molar-refractivity contribution is 6.36. The van der Waals surface area contributed by atoms with Crippen LogP contribution in [0.25, 0.3) is 0 Å². The molecule has 1 unspecified atom stereocenters. The van der Waals surface area contributed by atoms with Crippen molar-refractivity contribution in [2.45, 2.75) is 26.8 Å². The zero-order chi connectivity index (χ0) is 11.4. The van der Waals surface area contributed by atoms with E-state index in [0.29, 0.717) is 0 Å². The number of carbonyl (C=O) groups excluding carboxylic acids is 1. The molecule has 1 aromatic rings. The van der Waals surface area contributed by atoms with Crippen molar-refractivity contribution in [3.05, 3.63) is 29.6 Å². The molecule has 0 aliphatic rings. The van der Waals surface area contributed by atoms with Crippen molar-refractivity contribution in [1.82, 2.24) is 10.3 Å². The van der Waals surface area contributed by atoms with Gasteiger partial charge in [0.25, 0.3) is 5.91 Å². The van der Waals surface area contributed by atoms with Gasteiger partial charge in [-0.15, -0.1) is 0 Å². The summed E-state index contributed by atoms with van der Waals surface area (Å²) in [5, 5.41) is 9.85. The summed E-state index contributed by atoms with van der Waals surface area (Å²) in [6.45, 7) is 5.27. The van der Waals surface area contributed by atoms with E-state index in [4.69, 9.17) is 5.41 Å². The lowest BCUT2D eigenvalue weighted by molar-refractivity contribution is -0.115. The summed E-state index contributed by atoms with van der Waals surface area (Å²) < 4.78 is 0. The Morgan fingerprint density at radius 3 is 2.67 bits per heavy atom. The van der Waals surface area contributed by atoms with E-state index >= 15 is 0 Å². The van der Waals surface area contributed by atoms with Crippen LogP contribution in [-0.2, 0) is 4.79 Å². The summed E-state index contributed by atoms with van der Waals surface area (Å²) in [6, 6.07) is 3.65. The van der Waals surface area contributed by atoms with E-state index in [2.05, 4.69) is 10.3 Å². The fourth-order valence-corrected chi connectivity index (χ4v) is 1.11. The minimum absolute atomic E-state index is 0.00830. The number of pyridine rings is 1. The Kier molecular flexibility index (Phi) is 3.55. The average Bonchev–Trinajstić information content (AvgIpc) is 2.18. The second kappa shape index (κ2) is 4.68. The van der Waals surface area contributed by atoms with Crippen molar-refractivity contribution in [1.29, 1.82) is 5.41 Å². The van der Waals surface area contributed by atoms with Gasteiger partial charge in [0, 0.05) is 6.20 Å². The van der Waals surface area contributed by atoms with Crippen LogP contribution in [0.2, 0.25) is 0 Å². The van der Waals surface area contributed by atoms with E-state index in [-0.39, 0.29) is 17.7 Å². The number of hydrogen-bond donors (Lipinski definition) is 2. The Morgan fingerprint density at radius 1 is 1.53 bits per heavy atom. The molecule has 0 radical (unpaired) electrons. The monoisotopic (exact) mass is 205 g/mol. The predicted octanol–water partition coefficient (Wildman–Crippen LogP) is 1.61. The summed E-state index contributed by atoms with van der Waals surface area (Å²) in [5.74, 6) is -0.357. The first-order valence-corrected chi connectivity index (χ1v) is 4.79. The van der Waals surface area contributed by atoms with E-state index in [1.54, 1.807) is 6.20 Å². The first-order valence-electron chi connectivity index (χ1n) is 4.79. The molecule has 0 spiro atoms. The van der Waals surface area contributed by atoms with Crippen molar-refractivity contribution in [2.75, 3.05) is 0 Å². The largest absolute Gasteiger partial charge is 0.343 e. The summed E-state index contributed by atoms with van der Waals surface area (Å²) in [4.78, 5) is 15.4. The van der Waals surface area contributed by atoms with Gasteiger partial charge >= 0.3 is 0 Å². The fraction of sp³-hybridized carbons (Fsp3) is 0.364. The minimum Gasteiger partial charge on any atom is -0.343 e. The molecule has 0 saturated carbocycles. The molecule has 0 aliphatic carbocycles. The van der Waals surface area contributed by atoms with Crippen molar-refractivity contribution in [2.24, 2.45) is 0 Å². The molecule has 1 amide bonds. The Morgan fingerprint density at radius 2 is 2.20 bits per heavy atom. The van der Waals surface area contributed by atoms with Crippen LogP contribution in [0.1, 0.15) is 31.1 Å². The Balaban J connectivity index is 2.69. The van der Waals surface area contributed by atoms with Gasteiger partial charge in [-0.2, -0.15) is 0 Å². The summed E-state index contributed by atoms with van der Waals surface area (Å²) in [6.07, 6.45) is 1.76. The molecule has 0 saturated heterocycles. The number of hydrogen-bond acceptors (Lipinski definition) is 3. The first kappa shape index (κ1) is 11.4. The lowest BCUT2D eigenvalue weighted by Gasteiger charge is -2.12. The normalized spacial score (nSPS) is 11.9. The lowest BCUT2D eigenvalue weighted by Crippen LogP contribution is -2.31. The molecule has 1 heterocycles. The van der Waals surface area contributed by atoms with Crippen molar-refractivity contribution < 1.29 is 4.79 Å². The van der Waals surface area contributed by atoms with Gasteiger partial charge in [-0.1, -0.05) is 6.07 Å². The molecule has 2 N–H and O–H groups in total. The molecule has 0 aromatic carbocycles.